The van der Waals surface area contributed by atoms with Crippen LogP contribution in [0, 0.1) is 11.8 Å². The molecule has 0 aliphatic carbocycles. The van der Waals surface area contributed by atoms with Crippen LogP contribution in [0.5, 0.6) is 0 Å². The number of benzene rings is 4. The van der Waals surface area contributed by atoms with Gasteiger partial charge in [-0.1, -0.05) is 88.4 Å². The highest BCUT2D eigenvalue weighted by atomic mass is 32.2. The molecule has 0 spiro atoms. The van der Waals surface area contributed by atoms with Crippen LogP contribution in [0.15, 0.2) is 119 Å². The van der Waals surface area contributed by atoms with Crippen LogP contribution in [0.3, 0.4) is 0 Å². The SMILES string of the molecule is CC(C)CN(C[C@@H](O)[C@H](Cc1ccccc1)NC(=O)O[C@H]1CCOC1)S(=O)(=O)c1ccc(N)cc1.CC(C)CN(C[C@@H](O)[C@H](Cc1ccccc1)NC(=O)O[C@H]1CCOC1)S(=O)(=O)c1ccc(N)cc1. The van der Waals surface area contributed by atoms with E-state index < -0.39 is 56.5 Å². The number of nitrogens with zero attached hydrogens (tertiary/aromatic N) is 2. The Labute approximate surface area is 412 Å². The summed E-state index contributed by atoms with van der Waals surface area (Å²) in [4.78, 5) is 25.3. The van der Waals surface area contributed by atoms with E-state index >= 15 is 0 Å². The lowest BCUT2D eigenvalue weighted by molar-refractivity contribution is 0.0642. The number of hydrogen-bond acceptors (Lipinski definition) is 14. The molecule has 0 saturated carbocycles. The number of amides is 2. The first-order chi connectivity index (χ1) is 33.3. The zero-order valence-corrected chi connectivity index (χ0v) is 42.0. The number of nitrogen functional groups attached to an aromatic ring is 2. The van der Waals surface area contributed by atoms with Gasteiger partial charge >= 0.3 is 12.2 Å². The van der Waals surface area contributed by atoms with Crippen LogP contribution in [0.4, 0.5) is 21.0 Å². The summed E-state index contributed by atoms with van der Waals surface area (Å²) in [5.41, 5.74) is 14.1. The van der Waals surface area contributed by atoms with Crippen molar-refractivity contribution in [3.63, 3.8) is 0 Å². The van der Waals surface area contributed by atoms with Crippen molar-refractivity contribution in [1.29, 1.82) is 0 Å². The predicted molar refractivity (Wildman–Crippen MR) is 266 cm³/mol. The Morgan fingerprint density at radius 3 is 1.23 bits per heavy atom. The van der Waals surface area contributed by atoms with E-state index in [1.165, 1.54) is 57.1 Å². The van der Waals surface area contributed by atoms with Crippen molar-refractivity contribution in [1.82, 2.24) is 19.2 Å². The number of aliphatic hydroxyl groups excluding tert-OH is 2. The van der Waals surface area contributed by atoms with Gasteiger partial charge in [0, 0.05) is 50.4 Å². The molecule has 2 saturated heterocycles. The number of nitrogens with one attached hydrogen (secondary N) is 2. The van der Waals surface area contributed by atoms with E-state index in [9.17, 15) is 36.6 Å². The molecule has 4 aromatic rings. The highest BCUT2D eigenvalue weighted by Crippen LogP contribution is 2.23. The molecule has 2 fully saturated rings. The summed E-state index contributed by atoms with van der Waals surface area (Å²) >= 11 is 0. The summed E-state index contributed by atoms with van der Waals surface area (Å²) in [6.07, 6.45) is -2.57. The van der Waals surface area contributed by atoms with E-state index in [4.69, 9.17) is 30.4 Å². The Morgan fingerprint density at radius 2 is 0.929 bits per heavy atom. The lowest BCUT2D eigenvalue weighted by atomic mass is 10.0. The van der Waals surface area contributed by atoms with E-state index in [1.807, 2.05) is 88.4 Å². The van der Waals surface area contributed by atoms with E-state index in [2.05, 4.69) is 10.6 Å². The Morgan fingerprint density at radius 1 is 0.586 bits per heavy atom. The summed E-state index contributed by atoms with van der Waals surface area (Å²) in [7, 11) is -7.81. The van der Waals surface area contributed by atoms with Crippen molar-refractivity contribution in [2.75, 3.05) is 64.1 Å². The van der Waals surface area contributed by atoms with Gasteiger partial charge < -0.3 is 51.3 Å². The maximum absolute atomic E-state index is 13.4. The van der Waals surface area contributed by atoms with Gasteiger partial charge in [-0.3, -0.25) is 0 Å². The Kier molecular flexibility index (Phi) is 21.3. The largest absolute Gasteiger partial charge is 0.444 e. The topological polar surface area (TPSA) is 262 Å². The van der Waals surface area contributed by atoms with Crippen LogP contribution in [0.1, 0.15) is 51.7 Å². The predicted octanol–water partition coefficient (Wildman–Crippen LogP) is 4.81. The summed E-state index contributed by atoms with van der Waals surface area (Å²) in [5.74, 6) is 0.0252. The second kappa shape index (κ2) is 26.8. The molecular weight excluding hydrogens is 941 g/mol. The van der Waals surface area contributed by atoms with Crippen molar-refractivity contribution < 1.29 is 55.6 Å². The first-order valence-electron chi connectivity index (χ1n) is 23.5. The van der Waals surface area contributed by atoms with E-state index in [1.54, 1.807) is 0 Å². The number of aliphatic hydroxyl groups is 2. The fraction of sp³-hybridized carbons (Fsp3) is 0.480. The van der Waals surface area contributed by atoms with Crippen molar-refractivity contribution in [2.24, 2.45) is 11.8 Å². The molecule has 0 aromatic heterocycles. The lowest BCUT2D eigenvalue weighted by Crippen LogP contribution is -2.51. The normalized spacial score (nSPS) is 17.9. The Balaban J connectivity index is 0.000000261. The molecule has 8 N–H and O–H groups in total. The number of alkyl carbamates (subject to hydrolysis) is 2. The molecule has 20 heteroatoms. The number of anilines is 2. The summed E-state index contributed by atoms with van der Waals surface area (Å²) < 4.78 is 77.4. The highest BCUT2D eigenvalue weighted by molar-refractivity contribution is 7.89. The lowest BCUT2D eigenvalue weighted by Gasteiger charge is -2.30. The standard InChI is InChI=1S/2C25H35N3O6S/c2*1-18(2)15-28(35(31,32)22-10-8-20(26)9-11-22)16-24(29)23(14-19-6-4-3-5-7-19)27-25(30)34-21-12-13-33-17-21/h2*3-11,18,21,23-24,29H,12-17,26H2,1-2H3,(H,27,30)/t2*21-,23-,24+/m00/s1. The molecule has 4 aromatic carbocycles. The van der Waals surface area contributed by atoms with Crippen LogP contribution in [-0.2, 0) is 51.8 Å². The number of nitrogens with two attached hydrogens (primary N) is 2. The van der Waals surface area contributed by atoms with Gasteiger partial charge in [0.1, 0.15) is 12.2 Å². The third-order valence-electron chi connectivity index (χ3n) is 11.4. The number of rotatable bonds is 22. The molecule has 6 rings (SSSR count). The zero-order chi connectivity index (χ0) is 50.8. The number of carbonyl (C=O) groups excluding carboxylic acids is 2. The van der Waals surface area contributed by atoms with Gasteiger partial charge in [0.15, 0.2) is 0 Å². The maximum Gasteiger partial charge on any atom is 0.407 e. The molecule has 2 aliphatic rings. The quantitative estimate of drug-likeness (QED) is 0.0578. The monoisotopic (exact) mass is 1010 g/mol. The summed E-state index contributed by atoms with van der Waals surface area (Å²) in [5, 5.41) is 27.9. The van der Waals surface area contributed by atoms with Crippen LogP contribution >= 0.6 is 0 Å². The Hall–Kier alpha value is -5.32. The van der Waals surface area contributed by atoms with E-state index in [0.29, 0.717) is 63.5 Å². The van der Waals surface area contributed by atoms with Gasteiger partial charge in [-0.25, -0.2) is 26.4 Å². The van der Waals surface area contributed by atoms with Gasteiger partial charge in [-0.2, -0.15) is 8.61 Å². The average Bonchev–Trinajstić information content (AvgIpc) is 4.04. The van der Waals surface area contributed by atoms with Crippen molar-refractivity contribution in [3.05, 3.63) is 120 Å². The van der Waals surface area contributed by atoms with Crippen LogP contribution in [0.25, 0.3) is 0 Å². The number of carbonyl (C=O) groups is 2. The molecular formula is C50H70N6O12S2. The molecule has 0 radical (unpaired) electrons. The van der Waals surface area contributed by atoms with E-state index in [-0.39, 0.29) is 60.0 Å². The van der Waals surface area contributed by atoms with Gasteiger partial charge in [0.2, 0.25) is 20.0 Å². The minimum atomic E-state index is -3.90. The van der Waals surface area contributed by atoms with Crippen molar-refractivity contribution in [3.8, 4) is 0 Å². The van der Waals surface area contributed by atoms with Gasteiger partial charge in [-0.05, 0) is 84.3 Å². The van der Waals surface area contributed by atoms with Crippen LogP contribution < -0.4 is 22.1 Å². The fourth-order valence-electron chi connectivity index (χ4n) is 7.79. The molecule has 0 unspecified atom stereocenters. The van der Waals surface area contributed by atoms with Crippen molar-refractivity contribution >= 4 is 43.6 Å². The van der Waals surface area contributed by atoms with Gasteiger partial charge in [-0.15, -0.1) is 0 Å². The van der Waals surface area contributed by atoms with E-state index in [0.717, 1.165) is 11.1 Å². The fourth-order valence-corrected chi connectivity index (χ4v) is 11.0. The number of sulfonamides is 2. The second-order valence-electron chi connectivity index (χ2n) is 18.4. The molecule has 0 bridgehead atoms. The third kappa shape index (κ3) is 17.5. The minimum Gasteiger partial charge on any atom is -0.444 e. The molecule has 384 valence electrons. The Bertz CT molecular complexity index is 2250. The molecule has 6 atom stereocenters. The van der Waals surface area contributed by atoms with Crippen molar-refractivity contribution in [2.45, 2.75) is 99.7 Å². The van der Waals surface area contributed by atoms with Crippen LogP contribution in [-0.4, -0.2) is 137 Å². The highest BCUT2D eigenvalue weighted by Gasteiger charge is 2.34. The zero-order valence-electron chi connectivity index (χ0n) is 40.3. The molecule has 18 nitrogen and oxygen atoms in total. The maximum atomic E-state index is 13.4. The van der Waals surface area contributed by atoms with Gasteiger partial charge in [0.05, 0.1) is 60.5 Å². The summed E-state index contributed by atoms with van der Waals surface area (Å²) in [6, 6.07) is 29.1. The second-order valence-corrected chi connectivity index (χ2v) is 22.2. The first-order valence-corrected chi connectivity index (χ1v) is 26.4. The number of hydrogen-bond donors (Lipinski definition) is 6. The number of ether oxygens (including phenoxy) is 4. The molecule has 2 heterocycles. The molecule has 2 aliphatic heterocycles. The smallest absolute Gasteiger partial charge is 0.407 e. The minimum absolute atomic E-state index is 0.0126. The van der Waals surface area contributed by atoms with Crippen LogP contribution in [0.2, 0.25) is 0 Å². The molecule has 70 heavy (non-hydrogen) atoms. The van der Waals surface area contributed by atoms with Gasteiger partial charge in [0.25, 0.3) is 0 Å². The molecule has 2 amide bonds. The summed E-state index contributed by atoms with van der Waals surface area (Å²) in [6.45, 7) is 9.33. The average molecular weight is 1010 g/mol. The third-order valence-corrected chi connectivity index (χ3v) is 15.1. The first kappa shape index (κ1) is 55.6.